The van der Waals surface area contributed by atoms with Crippen LogP contribution in [-0.4, -0.2) is 50.3 Å². The molecule has 118 valence electrons. The van der Waals surface area contributed by atoms with Gasteiger partial charge < -0.3 is 4.90 Å². The van der Waals surface area contributed by atoms with Crippen LogP contribution >= 0.6 is 11.6 Å². The molecule has 1 fully saturated rings. The van der Waals surface area contributed by atoms with Gasteiger partial charge in [-0.05, 0) is 50.6 Å². The van der Waals surface area contributed by atoms with Crippen molar-refractivity contribution in [2.75, 3.05) is 26.7 Å². The number of rotatable bonds is 3. The molecule has 1 aliphatic rings. The monoisotopic (exact) mass is 330 g/mol. The molecule has 0 saturated carbocycles. The molecule has 0 aromatic heterocycles. The second-order valence-corrected chi connectivity index (χ2v) is 8.04. The molecule has 1 saturated heterocycles. The minimum Gasteiger partial charge on any atom is -0.301 e. The fourth-order valence-electron chi connectivity index (χ4n) is 2.67. The Kier molecular flexibility index (Phi) is 4.98. The smallest absolute Gasteiger partial charge is 0.243 e. The van der Waals surface area contributed by atoms with Gasteiger partial charge in [-0.3, -0.25) is 0 Å². The molecule has 1 aromatic rings. The van der Waals surface area contributed by atoms with Crippen LogP contribution in [0.2, 0.25) is 0 Å². The molecule has 0 N–H and O–H groups in total. The molecule has 1 aliphatic heterocycles. The van der Waals surface area contributed by atoms with Gasteiger partial charge in [0.2, 0.25) is 10.0 Å². The number of nitrogens with zero attached hydrogens (tertiary/aromatic N) is 2. The van der Waals surface area contributed by atoms with Crippen LogP contribution < -0.4 is 0 Å². The summed E-state index contributed by atoms with van der Waals surface area (Å²) < 4.78 is 27.4. The van der Waals surface area contributed by atoms with Crippen LogP contribution in [0.4, 0.5) is 0 Å². The first kappa shape index (κ1) is 16.7. The number of sulfonamides is 1. The minimum atomic E-state index is -3.45. The highest BCUT2D eigenvalue weighted by molar-refractivity contribution is 7.89. The van der Waals surface area contributed by atoms with Gasteiger partial charge in [-0.2, -0.15) is 4.31 Å². The standard InChI is InChI=1S/C15H23ClN2O2S/c1-11-7-12(2)15(8-14(11)9-16)21(19,20)18-6-5-17(4)13(3)10-18/h7-8,13H,5-6,9-10H2,1-4H3. The lowest BCUT2D eigenvalue weighted by atomic mass is 10.1. The van der Waals surface area contributed by atoms with Gasteiger partial charge in [0.15, 0.2) is 0 Å². The molecule has 0 radical (unpaired) electrons. The molecule has 1 heterocycles. The number of hydrogen-bond acceptors (Lipinski definition) is 3. The van der Waals surface area contributed by atoms with E-state index in [4.69, 9.17) is 11.6 Å². The summed E-state index contributed by atoms with van der Waals surface area (Å²) in [4.78, 5) is 2.57. The Balaban J connectivity index is 2.40. The first-order valence-corrected chi connectivity index (χ1v) is 9.11. The van der Waals surface area contributed by atoms with Crippen molar-refractivity contribution in [2.45, 2.75) is 37.6 Å². The van der Waals surface area contributed by atoms with E-state index in [-0.39, 0.29) is 6.04 Å². The fraction of sp³-hybridized carbons (Fsp3) is 0.600. The van der Waals surface area contributed by atoms with E-state index in [9.17, 15) is 8.42 Å². The molecule has 1 aromatic carbocycles. The van der Waals surface area contributed by atoms with E-state index in [1.54, 1.807) is 10.4 Å². The molecule has 0 aliphatic carbocycles. The van der Waals surface area contributed by atoms with Crippen LogP contribution in [0.3, 0.4) is 0 Å². The van der Waals surface area contributed by atoms with Gasteiger partial charge in [0.05, 0.1) is 4.90 Å². The third-order valence-electron chi connectivity index (χ3n) is 4.32. The van der Waals surface area contributed by atoms with E-state index in [2.05, 4.69) is 4.90 Å². The van der Waals surface area contributed by atoms with E-state index in [0.29, 0.717) is 23.9 Å². The largest absolute Gasteiger partial charge is 0.301 e. The van der Waals surface area contributed by atoms with Crippen molar-refractivity contribution in [3.8, 4) is 0 Å². The van der Waals surface area contributed by atoms with E-state index >= 15 is 0 Å². The highest BCUT2D eigenvalue weighted by Crippen LogP contribution is 2.26. The maximum Gasteiger partial charge on any atom is 0.243 e. The summed E-state index contributed by atoms with van der Waals surface area (Å²) in [6.45, 7) is 7.67. The quantitative estimate of drug-likeness (QED) is 0.799. The normalized spacial score (nSPS) is 21.7. The molecule has 4 nitrogen and oxygen atoms in total. The summed E-state index contributed by atoms with van der Waals surface area (Å²) in [5, 5.41) is 0. The summed E-state index contributed by atoms with van der Waals surface area (Å²) >= 11 is 5.92. The Morgan fingerprint density at radius 3 is 2.48 bits per heavy atom. The lowest BCUT2D eigenvalue weighted by Crippen LogP contribution is -2.51. The highest BCUT2D eigenvalue weighted by Gasteiger charge is 2.32. The van der Waals surface area contributed by atoms with Gasteiger partial charge in [0.1, 0.15) is 0 Å². The topological polar surface area (TPSA) is 40.6 Å². The molecule has 21 heavy (non-hydrogen) atoms. The van der Waals surface area contributed by atoms with Gasteiger partial charge in [-0.1, -0.05) is 6.07 Å². The van der Waals surface area contributed by atoms with Gasteiger partial charge in [-0.25, -0.2) is 8.42 Å². The zero-order chi connectivity index (χ0) is 15.8. The number of alkyl halides is 1. The highest BCUT2D eigenvalue weighted by atomic mass is 35.5. The summed E-state index contributed by atoms with van der Waals surface area (Å²) in [5.74, 6) is 0.327. The zero-order valence-corrected chi connectivity index (χ0v) is 14.6. The fourth-order valence-corrected chi connectivity index (χ4v) is 4.73. The van der Waals surface area contributed by atoms with E-state index in [1.165, 1.54) is 0 Å². The Bertz CT molecular complexity index is 631. The molecule has 0 amide bonds. The summed E-state index contributed by atoms with van der Waals surface area (Å²) in [7, 11) is -1.43. The maximum atomic E-state index is 12.9. The van der Waals surface area contributed by atoms with Crippen molar-refractivity contribution in [2.24, 2.45) is 0 Å². The minimum absolute atomic E-state index is 0.228. The Morgan fingerprint density at radius 2 is 1.90 bits per heavy atom. The van der Waals surface area contributed by atoms with Crippen LogP contribution in [0.1, 0.15) is 23.6 Å². The summed E-state index contributed by atoms with van der Waals surface area (Å²) in [6, 6.07) is 3.87. The lowest BCUT2D eigenvalue weighted by Gasteiger charge is -2.37. The number of piperazine rings is 1. The SMILES string of the molecule is Cc1cc(C)c(S(=O)(=O)N2CCN(C)C(C)C2)cc1CCl. The Hall–Kier alpha value is -0.620. The molecular weight excluding hydrogens is 308 g/mol. The van der Waals surface area contributed by atoms with Gasteiger partial charge in [0, 0.05) is 31.6 Å². The van der Waals surface area contributed by atoms with Gasteiger partial charge in [0.25, 0.3) is 0 Å². The van der Waals surface area contributed by atoms with Gasteiger partial charge >= 0.3 is 0 Å². The lowest BCUT2D eigenvalue weighted by molar-refractivity contribution is 0.159. The Labute approximate surface area is 132 Å². The predicted octanol–water partition coefficient (Wildman–Crippen LogP) is 2.37. The predicted molar refractivity (Wildman–Crippen MR) is 86.3 cm³/mol. The molecule has 0 bridgehead atoms. The average molecular weight is 331 g/mol. The first-order chi connectivity index (χ1) is 9.77. The average Bonchev–Trinajstić information content (AvgIpc) is 2.41. The molecule has 0 spiro atoms. The first-order valence-electron chi connectivity index (χ1n) is 7.14. The van der Waals surface area contributed by atoms with Crippen molar-refractivity contribution in [1.82, 2.24) is 9.21 Å². The van der Waals surface area contributed by atoms with Gasteiger partial charge in [-0.15, -0.1) is 11.6 Å². The van der Waals surface area contributed by atoms with Crippen LogP contribution in [0.5, 0.6) is 0 Å². The Morgan fingerprint density at radius 1 is 1.24 bits per heavy atom. The van der Waals surface area contributed by atoms with Crippen LogP contribution in [-0.2, 0) is 15.9 Å². The second-order valence-electron chi connectivity index (χ2n) is 5.87. The summed E-state index contributed by atoms with van der Waals surface area (Å²) in [6.07, 6.45) is 0. The maximum absolute atomic E-state index is 12.9. The van der Waals surface area contributed by atoms with Crippen molar-refractivity contribution < 1.29 is 8.42 Å². The van der Waals surface area contributed by atoms with Crippen molar-refractivity contribution in [1.29, 1.82) is 0 Å². The third kappa shape index (κ3) is 3.26. The number of aryl methyl sites for hydroxylation is 2. The zero-order valence-electron chi connectivity index (χ0n) is 13.1. The molecule has 1 atom stereocenters. The van der Waals surface area contributed by atoms with Crippen molar-refractivity contribution in [3.63, 3.8) is 0 Å². The van der Waals surface area contributed by atoms with Crippen molar-refractivity contribution in [3.05, 3.63) is 28.8 Å². The molecule has 6 heteroatoms. The van der Waals surface area contributed by atoms with E-state index in [1.807, 2.05) is 33.9 Å². The van der Waals surface area contributed by atoms with E-state index in [0.717, 1.165) is 23.2 Å². The number of likely N-dealkylation sites (N-methyl/N-ethyl adjacent to an activating group) is 1. The van der Waals surface area contributed by atoms with Crippen LogP contribution in [0.15, 0.2) is 17.0 Å². The third-order valence-corrected chi connectivity index (χ3v) is 6.61. The van der Waals surface area contributed by atoms with Crippen LogP contribution in [0, 0.1) is 13.8 Å². The summed E-state index contributed by atoms with van der Waals surface area (Å²) in [5.41, 5.74) is 2.70. The number of halogens is 1. The van der Waals surface area contributed by atoms with Crippen LogP contribution in [0.25, 0.3) is 0 Å². The van der Waals surface area contributed by atoms with Crippen molar-refractivity contribution >= 4 is 21.6 Å². The molecule has 1 unspecified atom stereocenters. The second kappa shape index (κ2) is 6.24. The number of benzene rings is 1. The number of hydrogen-bond donors (Lipinski definition) is 0. The molecular formula is C15H23ClN2O2S. The van der Waals surface area contributed by atoms with E-state index < -0.39 is 10.0 Å². The molecule has 2 rings (SSSR count).